The first kappa shape index (κ1) is 21.0. The van der Waals surface area contributed by atoms with Gasteiger partial charge in [-0.15, -0.1) is 0 Å². The second-order valence-corrected chi connectivity index (χ2v) is 7.99. The molecule has 0 bridgehead atoms. The third-order valence-electron chi connectivity index (χ3n) is 5.57. The summed E-state index contributed by atoms with van der Waals surface area (Å²) < 4.78 is 1.69. The lowest BCUT2D eigenvalue weighted by Crippen LogP contribution is -2.49. The van der Waals surface area contributed by atoms with Gasteiger partial charge in [-0.2, -0.15) is 10.4 Å². The van der Waals surface area contributed by atoms with Crippen molar-refractivity contribution in [1.29, 1.82) is 5.26 Å². The molecule has 0 saturated carbocycles. The Bertz CT molecular complexity index is 1070. The summed E-state index contributed by atoms with van der Waals surface area (Å²) in [5, 5.41) is 13.7. The van der Waals surface area contributed by atoms with Crippen LogP contribution in [0.5, 0.6) is 0 Å². The third-order valence-corrected chi connectivity index (χ3v) is 5.90. The zero-order valence-corrected chi connectivity index (χ0v) is 17.9. The van der Waals surface area contributed by atoms with Gasteiger partial charge < -0.3 is 4.90 Å². The molecular formula is C23H23ClN6O. The minimum atomic E-state index is 0.157. The van der Waals surface area contributed by atoms with Crippen molar-refractivity contribution in [2.75, 3.05) is 32.7 Å². The monoisotopic (exact) mass is 434 g/mol. The summed E-state index contributed by atoms with van der Waals surface area (Å²) in [5.41, 5.74) is 3.54. The number of piperazine rings is 1. The molecule has 0 aliphatic carbocycles. The van der Waals surface area contributed by atoms with Crippen molar-refractivity contribution in [1.82, 2.24) is 24.6 Å². The van der Waals surface area contributed by atoms with Crippen LogP contribution in [0.15, 0.2) is 55.1 Å². The summed E-state index contributed by atoms with van der Waals surface area (Å²) in [7, 11) is 0. The molecule has 1 aliphatic rings. The topological polar surface area (TPSA) is 78.0 Å². The van der Waals surface area contributed by atoms with Gasteiger partial charge in [-0.1, -0.05) is 29.8 Å². The molecular weight excluding hydrogens is 412 g/mol. The standard InChI is InChI=1S/C23H23ClN6O/c24-22-6-3-19(13-20(22)15-25)7-8-28-9-11-29(12-10-28)23(31)14-18-1-4-21(5-2-18)30-17-26-16-27-30/h1-6,13,16-17H,7-12,14H2. The van der Waals surface area contributed by atoms with Gasteiger partial charge in [-0.3, -0.25) is 9.69 Å². The van der Waals surface area contributed by atoms with Gasteiger partial charge in [-0.05, 0) is 41.8 Å². The van der Waals surface area contributed by atoms with Crippen molar-refractivity contribution in [3.8, 4) is 11.8 Å². The normalized spacial score (nSPS) is 14.4. The van der Waals surface area contributed by atoms with Crippen molar-refractivity contribution < 1.29 is 4.79 Å². The number of nitriles is 1. The molecule has 1 saturated heterocycles. The average molecular weight is 435 g/mol. The molecule has 2 heterocycles. The van der Waals surface area contributed by atoms with E-state index < -0.39 is 0 Å². The van der Waals surface area contributed by atoms with Gasteiger partial charge in [0.15, 0.2) is 0 Å². The number of aromatic nitrogens is 3. The zero-order chi connectivity index (χ0) is 21.6. The van der Waals surface area contributed by atoms with Gasteiger partial charge >= 0.3 is 0 Å². The summed E-state index contributed by atoms with van der Waals surface area (Å²) in [6.07, 6.45) is 4.41. The largest absolute Gasteiger partial charge is 0.340 e. The number of rotatable bonds is 6. The molecule has 3 aromatic rings. The second kappa shape index (κ2) is 9.73. The Morgan fingerprint density at radius 2 is 1.81 bits per heavy atom. The molecule has 4 rings (SSSR count). The Labute approximate surface area is 186 Å². The third kappa shape index (κ3) is 5.29. The summed E-state index contributed by atoms with van der Waals surface area (Å²) in [4.78, 5) is 21.0. The maximum absolute atomic E-state index is 12.7. The summed E-state index contributed by atoms with van der Waals surface area (Å²) >= 11 is 6.00. The summed E-state index contributed by atoms with van der Waals surface area (Å²) in [6, 6.07) is 15.6. The van der Waals surface area contributed by atoms with Crippen LogP contribution in [-0.2, 0) is 17.6 Å². The molecule has 0 unspecified atom stereocenters. The highest BCUT2D eigenvalue weighted by Gasteiger charge is 2.21. The van der Waals surface area contributed by atoms with E-state index >= 15 is 0 Å². The second-order valence-electron chi connectivity index (χ2n) is 7.58. The molecule has 0 atom stereocenters. The van der Waals surface area contributed by atoms with Crippen LogP contribution in [0.1, 0.15) is 16.7 Å². The van der Waals surface area contributed by atoms with Gasteiger partial charge in [-0.25, -0.2) is 9.67 Å². The Kier molecular flexibility index (Phi) is 6.60. The smallest absolute Gasteiger partial charge is 0.227 e. The molecule has 1 aromatic heterocycles. The SMILES string of the molecule is N#Cc1cc(CCN2CCN(C(=O)Cc3ccc(-n4cncn4)cc3)CC2)ccc1Cl. The molecule has 7 nitrogen and oxygen atoms in total. The minimum Gasteiger partial charge on any atom is -0.340 e. The van der Waals surface area contributed by atoms with Crippen molar-refractivity contribution in [3.05, 3.63) is 76.8 Å². The van der Waals surface area contributed by atoms with E-state index in [-0.39, 0.29) is 5.91 Å². The maximum atomic E-state index is 12.7. The van der Waals surface area contributed by atoms with Crippen LogP contribution in [0.25, 0.3) is 5.69 Å². The van der Waals surface area contributed by atoms with Gasteiger partial charge in [0.2, 0.25) is 5.91 Å². The van der Waals surface area contributed by atoms with Gasteiger partial charge in [0.1, 0.15) is 18.7 Å². The van der Waals surface area contributed by atoms with E-state index in [2.05, 4.69) is 21.1 Å². The molecule has 1 amide bonds. The number of hydrogen-bond acceptors (Lipinski definition) is 5. The number of amides is 1. The first-order chi connectivity index (χ1) is 15.1. The number of carbonyl (C=O) groups excluding carboxylic acids is 1. The van der Waals surface area contributed by atoms with E-state index in [1.54, 1.807) is 17.1 Å². The minimum absolute atomic E-state index is 0.157. The molecule has 0 N–H and O–H groups in total. The number of halogens is 1. The zero-order valence-electron chi connectivity index (χ0n) is 17.1. The molecule has 158 valence electrons. The highest BCUT2D eigenvalue weighted by Crippen LogP contribution is 2.17. The number of benzene rings is 2. The van der Waals surface area contributed by atoms with Crippen molar-refractivity contribution in [3.63, 3.8) is 0 Å². The average Bonchev–Trinajstić information content (AvgIpc) is 3.34. The van der Waals surface area contributed by atoms with Crippen LogP contribution in [0.2, 0.25) is 5.02 Å². The van der Waals surface area contributed by atoms with E-state index in [4.69, 9.17) is 16.9 Å². The Morgan fingerprint density at radius 3 is 2.48 bits per heavy atom. The van der Waals surface area contributed by atoms with Crippen LogP contribution >= 0.6 is 11.6 Å². The fourth-order valence-electron chi connectivity index (χ4n) is 3.72. The number of hydrogen-bond donors (Lipinski definition) is 0. The van der Waals surface area contributed by atoms with Gasteiger partial charge in [0.05, 0.1) is 22.7 Å². The quantitative estimate of drug-likeness (QED) is 0.596. The molecule has 0 spiro atoms. The molecule has 1 fully saturated rings. The van der Waals surface area contributed by atoms with Crippen molar-refractivity contribution >= 4 is 17.5 Å². The predicted octanol–water partition coefficient (Wildman–Crippen LogP) is 2.72. The van der Waals surface area contributed by atoms with E-state index in [0.29, 0.717) is 17.0 Å². The van der Waals surface area contributed by atoms with E-state index in [1.807, 2.05) is 41.3 Å². The number of nitrogens with zero attached hydrogens (tertiary/aromatic N) is 6. The highest BCUT2D eigenvalue weighted by atomic mass is 35.5. The first-order valence-corrected chi connectivity index (χ1v) is 10.6. The van der Waals surface area contributed by atoms with Crippen LogP contribution in [0.4, 0.5) is 0 Å². The molecule has 1 aliphatic heterocycles. The fraction of sp³-hybridized carbons (Fsp3) is 0.304. The Balaban J connectivity index is 1.24. The van der Waals surface area contributed by atoms with Crippen molar-refractivity contribution in [2.24, 2.45) is 0 Å². The van der Waals surface area contributed by atoms with E-state index in [9.17, 15) is 4.79 Å². The Hall–Kier alpha value is -3.21. The van der Waals surface area contributed by atoms with Crippen LogP contribution < -0.4 is 0 Å². The van der Waals surface area contributed by atoms with Crippen LogP contribution in [-0.4, -0.2) is 63.2 Å². The molecule has 31 heavy (non-hydrogen) atoms. The molecule has 2 aromatic carbocycles. The lowest BCUT2D eigenvalue weighted by atomic mass is 10.1. The van der Waals surface area contributed by atoms with Crippen molar-refractivity contribution in [2.45, 2.75) is 12.8 Å². The lowest BCUT2D eigenvalue weighted by molar-refractivity contribution is -0.132. The predicted molar refractivity (Wildman–Crippen MR) is 118 cm³/mol. The van der Waals surface area contributed by atoms with Gasteiger partial charge in [0.25, 0.3) is 0 Å². The molecule has 8 heteroatoms. The van der Waals surface area contributed by atoms with Gasteiger partial charge in [0, 0.05) is 32.7 Å². The van der Waals surface area contributed by atoms with Crippen LogP contribution in [0, 0.1) is 11.3 Å². The maximum Gasteiger partial charge on any atom is 0.227 e. The highest BCUT2D eigenvalue weighted by molar-refractivity contribution is 6.31. The first-order valence-electron chi connectivity index (χ1n) is 10.2. The van der Waals surface area contributed by atoms with E-state index in [1.165, 1.54) is 6.33 Å². The summed E-state index contributed by atoms with van der Waals surface area (Å²) in [5.74, 6) is 0.157. The van der Waals surface area contributed by atoms with Crippen LogP contribution in [0.3, 0.4) is 0 Å². The number of carbonyl (C=O) groups is 1. The summed E-state index contributed by atoms with van der Waals surface area (Å²) in [6.45, 7) is 4.09. The lowest BCUT2D eigenvalue weighted by Gasteiger charge is -2.34. The molecule has 0 radical (unpaired) electrons. The Morgan fingerprint density at radius 1 is 1.06 bits per heavy atom. The fourth-order valence-corrected chi connectivity index (χ4v) is 3.88. The van der Waals surface area contributed by atoms with E-state index in [0.717, 1.165) is 56.0 Å².